The number of rotatable bonds is 7. The molecule has 12 heteroatoms. The molecule has 2 aromatic rings. The molecule has 0 bridgehead atoms. The summed E-state index contributed by atoms with van der Waals surface area (Å²) < 4.78 is 4.79. The van der Waals surface area contributed by atoms with E-state index >= 15 is 0 Å². The normalized spacial score (nSPS) is 10.2. The number of nitro benzene ring substituents is 2. The predicted octanol–water partition coefficient (Wildman–Crippen LogP) is 2.32. The Hall–Kier alpha value is -3.41. The van der Waals surface area contributed by atoms with E-state index < -0.39 is 33.1 Å². The summed E-state index contributed by atoms with van der Waals surface area (Å²) in [5.74, 6) is -1.26. The summed E-state index contributed by atoms with van der Waals surface area (Å²) in [6.45, 7) is 1.90. The summed E-state index contributed by atoms with van der Waals surface area (Å²) in [6, 6.07) is 2.61. The second-order valence-electron chi connectivity index (χ2n) is 4.83. The number of anilines is 1. The average molecular weight is 380 g/mol. The van der Waals surface area contributed by atoms with Gasteiger partial charge in [0, 0.05) is 17.5 Å². The molecule has 0 aliphatic carbocycles. The van der Waals surface area contributed by atoms with E-state index in [4.69, 9.17) is 4.74 Å². The maximum absolute atomic E-state index is 12.2. The van der Waals surface area contributed by atoms with Crippen LogP contribution in [0.4, 0.5) is 16.5 Å². The van der Waals surface area contributed by atoms with Crippen molar-refractivity contribution in [3.8, 4) is 0 Å². The monoisotopic (exact) mass is 380 g/mol. The van der Waals surface area contributed by atoms with E-state index in [1.54, 1.807) is 12.3 Å². The van der Waals surface area contributed by atoms with Gasteiger partial charge in [0.2, 0.25) is 0 Å². The summed E-state index contributed by atoms with van der Waals surface area (Å²) in [7, 11) is 0. The highest BCUT2D eigenvalue weighted by molar-refractivity contribution is 7.14. The van der Waals surface area contributed by atoms with Crippen molar-refractivity contribution in [3.63, 3.8) is 0 Å². The Balaban J connectivity index is 2.17. The third-order valence-electron chi connectivity index (χ3n) is 2.99. The Morgan fingerprint density at radius 3 is 2.35 bits per heavy atom. The second kappa shape index (κ2) is 8.11. The molecular formula is C14H12N4O7S. The molecular weight excluding hydrogens is 368 g/mol. The maximum atomic E-state index is 12.2. The van der Waals surface area contributed by atoms with Crippen molar-refractivity contribution in [1.29, 1.82) is 0 Å². The molecule has 0 atom stereocenters. The van der Waals surface area contributed by atoms with E-state index in [1.165, 1.54) is 0 Å². The van der Waals surface area contributed by atoms with Crippen LogP contribution < -0.4 is 5.32 Å². The van der Waals surface area contributed by atoms with Gasteiger partial charge in [-0.3, -0.25) is 35.1 Å². The van der Waals surface area contributed by atoms with Crippen LogP contribution >= 0.6 is 11.3 Å². The van der Waals surface area contributed by atoms with Crippen LogP contribution in [-0.2, 0) is 16.0 Å². The summed E-state index contributed by atoms with van der Waals surface area (Å²) in [5, 5.41) is 25.8. The lowest BCUT2D eigenvalue weighted by Crippen LogP contribution is -2.13. The maximum Gasteiger partial charge on any atom is 0.311 e. The summed E-state index contributed by atoms with van der Waals surface area (Å²) >= 11 is 1.04. The number of aromatic nitrogens is 1. The SMILES string of the molecule is CCOC(=O)Cc1csc(NC(=O)c2cc([N+](=O)[O-])cc([N+](=O)[O-])c2)n1. The van der Waals surface area contributed by atoms with Gasteiger partial charge in [-0.15, -0.1) is 11.3 Å². The number of esters is 1. The van der Waals surface area contributed by atoms with Crippen LogP contribution in [0.25, 0.3) is 0 Å². The number of benzene rings is 1. The fraction of sp³-hybridized carbons (Fsp3) is 0.214. The smallest absolute Gasteiger partial charge is 0.311 e. The fourth-order valence-electron chi connectivity index (χ4n) is 1.91. The number of ether oxygens (including phenoxy) is 1. The lowest BCUT2D eigenvalue weighted by molar-refractivity contribution is -0.394. The Kier molecular flexibility index (Phi) is 5.90. The van der Waals surface area contributed by atoms with Crippen molar-refractivity contribution >= 4 is 39.7 Å². The third kappa shape index (κ3) is 4.80. The zero-order valence-electron chi connectivity index (χ0n) is 13.3. The minimum Gasteiger partial charge on any atom is -0.466 e. The predicted molar refractivity (Wildman–Crippen MR) is 90.2 cm³/mol. The Bertz CT molecular complexity index is 848. The third-order valence-corrected chi connectivity index (χ3v) is 3.80. The van der Waals surface area contributed by atoms with Gasteiger partial charge in [0.15, 0.2) is 5.13 Å². The molecule has 1 N–H and O–H groups in total. The topological polar surface area (TPSA) is 155 Å². The molecule has 0 spiro atoms. The number of carbonyl (C=O) groups excluding carboxylic acids is 2. The van der Waals surface area contributed by atoms with Crippen LogP contribution in [-0.4, -0.2) is 33.3 Å². The quantitative estimate of drug-likeness (QED) is 0.436. The van der Waals surface area contributed by atoms with Crippen LogP contribution in [0.1, 0.15) is 23.0 Å². The molecule has 11 nitrogen and oxygen atoms in total. The first-order chi connectivity index (χ1) is 12.3. The number of carbonyl (C=O) groups is 2. The summed E-state index contributed by atoms with van der Waals surface area (Å²) in [4.78, 5) is 47.7. The van der Waals surface area contributed by atoms with Crippen molar-refractivity contribution in [2.75, 3.05) is 11.9 Å². The number of nitro groups is 2. The van der Waals surface area contributed by atoms with Gasteiger partial charge in [0.05, 0.1) is 40.2 Å². The van der Waals surface area contributed by atoms with Gasteiger partial charge in [-0.1, -0.05) is 0 Å². The number of amides is 1. The van der Waals surface area contributed by atoms with Gasteiger partial charge in [-0.05, 0) is 6.92 Å². The van der Waals surface area contributed by atoms with Crippen LogP contribution in [0.3, 0.4) is 0 Å². The van der Waals surface area contributed by atoms with E-state index in [0.29, 0.717) is 5.69 Å². The number of non-ortho nitro benzene ring substituents is 2. The largest absolute Gasteiger partial charge is 0.466 e. The molecule has 0 fully saturated rings. The molecule has 0 aliphatic heterocycles. The minimum absolute atomic E-state index is 0.0670. The molecule has 0 radical (unpaired) electrons. The standard InChI is InChI=1S/C14H12N4O7S/c1-2-25-12(19)5-9-7-26-14(15-9)16-13(20)8-3-10(17(21)22)6-11(4-8)18(23)24/h3-4,6-7H,2,5H2,1H3,(H,15,16,20). The van der Waals surface area contributed by atoms with Crippen LogP contribution in [0, 0.1) is 20.2 Å². The van der Waals surface area contributed by atoms with Crippen molar-refractivity contribution in [2.24, 2.45) is 0 Å². The summed E-state index contributed by atoms with van der Waals surface area (Å²) in [6.07, 6.45) is -0.0670. The molecule has 136 valence electrons. The molecule has 1 amide bonds. The van der Waals surface area contributed by atoms with Crippen molar-refractivity contribution < 1.29 is 24.2 Å². The van der Waals surface area contributed by atoms with Crippen LogP contribution in [0.5, 0.6) is 0 Å². The lowest BCUT2D eigenvalue weighted by atomic mass is 10.1. The summed E-state index contributed by atoms with van der Waals surface area (Å²) in [5.41, 5.74) is -1.03. The first kappa shape index (κ1) is 18.9. The highest BCUT2D eigenvalue weighted by Gasteiger charge is 2.20. The van der Waals surface area contributed by atoms with Crippen molar-refractivity contribution in [2.45, 2.75) is 13.3 Å². The number of hydrogen-bond acceptors (Lipinski definition) is 9. The van der Waals surface area contributed by atoms with E-state index in [0.717, 1.165) is 29.5 Å². The van der Waals surface area contributed by atoms with Crippen molar-refractivity contribution in [3.05, 3.63) is 55.1 Å². The van der Waals surface area contributed by atoms with Crippen LogP contribution in [0.15, 0.2) is 23.6 Å². The minimum atomic E-state index is -0.829. The average Bonchev–Trinajstić information content (AvgIpc) is 3.01. The Morgan fingerprint density at radius 1 is 1.19 bits per heavy atom. The van der Waals surface area contributed by atoms with Crippen molar-refractivity contribution in [1.82, 2.24) is 4.98 Å². The number of nitrogens with one attached hydrogen (secondary N) is 1. The first-order valence-electron chi connectivity index (χ1n) is 7.15. The number of hydrogen-bond donors (Lipinski definition) is 1. The van der Waals surface area contributed by atoms with Gasteiger partial charge in [-0.25, -0.2) is 4.98 Å². The van der Waals surface area contributed by atoms with E-state index in [-0.39, 0.29) is 23.7 Å². The highest BCUT2D eigenvalue weighted by atomic mass is 32.1. The molecule has 26 heavy (non-hydrogen) atoms. The van der Waals surface area contributed by atoms with Gasteiger partial charge in [0.1, 0.15) is 0 Å². The zero-order chi connectivity index (χ0) is 19.3. The number of nitrogens with zero attached hydrogens (tertiary/aromatic N) is 3. The molecule has 0 aliphatic rings. The molecule has 2 rings (SSSR count). The Labute approximate surface area is 149 Å². The van der Waals surface area contributed by atoms with E-state index in [9.17, 15) is 29.8 Å². The first-order valence-corrected chi connectivity index (χ1v) is 8.03. The molecule has 0 saturated heterocycles. The van der Waals surface area contributed by atoms with Gasteiger partial charge >= 0.3 is 5.97 Å². The van der Waals surface area contributed by atoms with Gasteiger partial charge in [0.25, 0.3) is 17.3 Å². The zero-order valence-corrected chi connectivity index (χ0v) is 14.1. The highest BCUT2D eigenvalue weighted by Crippen LogP contribution is 2.24. The number of thiazole rings is 1. The van der Waals surface area contributed by atoms with E-state index in [1.807, 2.05) is 0 Å². The molecule has 1 aromatic heterocycles. The second-order valence-corrected chi connectivity index (χ2v) is 5.69. The van der Waals surface area contributed by atoms with Gasteiger partial charge in [-0.2, -0.15) is 0 Å². The molecule has 1 aromatic carbocycles. The van der Waals surface area contributed by atoms with E-state index in [2.05, 4.69) is 10.3 Å². The fourth-order valence-corrected chi connectivity index (χ4v) is 2.62. The molecule has 0 unspecified atom stereocenters. The Morgan fingerprint density at radius 2 is 1.81 bits per heavy atom. The molecule has 0 saturated carbocycles. The van der Waals surface area contributed by atoms with Crippen LogP contribution in [0.2, 0.25) is 0 Å². The van der Waals surface area contributed by atoms with Gasteiger partial charge < -0.3 is 4.74 Å². The lowest BCUT2D eigenvalue weighted by Gasteiger charge is -2.02. The molecule has 1 heterocycles.